The molecule has 6 aromatic rings. The molecular weight excluding hydrogens is 623 g/mol. The number of rotatable bonds is 2. The van der Waals surface area contributed by atoms with Crippen molar-refractivity contribution in [3.8, 4) is 0 Å². The van der Waals surface area contributed by atoms with Gasteiger partial charge in [-0.1, -0.05) is 48.5 Å². The normalized spacial score (nSPS) is 9.47. The second kappa shape index (κ2) is 15.7. The first-order valence-electron chi connectivity index (χ1n) is 10.9. The zero-order chi connectivity index (χ0) is 23.8. The molecule has 170 valence electrons. The van der Waals surface area contributed by atoms with Gasteiger partial charge in [-0.15, -0.1) is 101 Å². The molecular formula is C31H25Br2Zr-3. The second-order valence-electron chi connectivity index (χ2n) is 7.35. The van der Waals surface area contributed by atoms with E-state index in [2.05, 4.69) is 164 Å². The molecule has 0 bridgehead atoms. The topological polar surface area (TPSA) is 0 Å². The molecule has 0 saturated carbocycles. The van der Waals surface area contributed by atoms with Crippen LogP contribution in [-0.4, -0.2) is 0 Å². The van der Waals surface area contributed by atoms with Crippen molar-refractivity contribution in [2.45, 2.75) is 0 Å². The van der Waals surface area contributed by atoms with Gasteiger partial charge in [0.1, 0.15) is 0 Å². The number of hydrogen-bond acceptors (Lipinski definition) is 0. The first kappa shape index (κ1) is 26.4. The molecule has 6 rings (SSSR count). The Morgan fingerprint density at radius 1 is 0.471 bits per heavy atom. The van der Waals surface area contributed by atoms with Crippen LogP contribution in [0.25, 0.3) is 21.5 Å². The smallest absolute Gasteiger partial charge is 0.0771 e. The maximum Gasteiger partial charge on any atom is -0.0771 e. The summed E-state index contributed by atoms with van der Waals surface area (Å²) in [6.07, 6.45) is 2.17. The van der Waals surface area contributed by atoms with Crippen molar-refractivity contribution in [2.75, 3.05) is 0 Å². The van der Waals surface area contributed by atoms with Gasteiger partial charge in [0.15, 0.2) is 0 Å². The van der Waals surface area contributed by atoms with Gasteiger partial charge in [-0.2, -0.15) is 35.0 Å². The van der Waals surface area contributed by atoms with Crippen LogP contribution in [-0.2, 0) is 18.5 Å². The fourth-order valence-corrected chi connectivity index (χ4v) is 3.43. The van der Waals surface area contributed by atoms with Crippen molar-refractivity contribution >= 4 is 46.0 Å². The maximum atomic E-state index is 3.23. The van der Waals surface area contributed by atoms with Crippen LogP contribution in [0, 0.1) is 6.42 Å². The summed E-state index contributed by atoms with van der Waals surface area (Å²) >= 11 is 6.32. The largest absolute Gasteiger partial charge is 0.168 e. The van der Waals surface area contributed by atoms with Crippen molar-refractivity contribution in [2.24, 2.45) is 0 Å². The van der Waals surface area contributed by atoms with E-state index in [1.54, 1.807) is 0 Å². The fourth-order valence-electron chi connectivity index (χ4n) is 3.43. The van der Waals surface area contributed by atoms with Crippen LogP contribution in [0.4, 0.5) is 0 Å². The van der Waals surface area contributed by atoms with E-state index in [1.165, 1.54) is 32.7 Å². The molecule has 0 spiro atoms. The van der Waals surface area contributed by atoms with Crippen LogP contribution in [0.1, 0.15) is 11.1 Å². The van der Waals surface area contributed by atoms with E-state index in [1.807, 2.05) is 12.1 Å². The minimum atomic E-state index is -0.145. The molecule has 0 fully saturated rings. The van der Waals surface area contributed by atoms with Crippen LogP contribution in [0.15, 0.2) is 146 Å². The molecule has 0 heterocycles. The Morgan fingerprint density at radius 3 is 1.21 bits per heavy atom. The van der Waals surface area contributed by atoms with Gasteiger partial charge in [-0.05, 0) is 0 Å². The summed E-state index contributed by atoms with van der Waals surface area (Å²) in [5.41, 5.74) is 2.49. The van der Waals surface area contributed by atoms with E-state index in [4.69, 9.17) is 0 Å². The summed E-state index contributed by atoms with van der Waals surface area (Å²) in [4.78, 5) is 0. The van der Waals surface area contributed by atoms with E-state index in [0.717, 1.165) is 0 Å². The van der Waals surface area contributed by atoms with Crippen molar-refractivity contribution in [3.63, 3.8) is 0 Å². The van der Waals surface area contributed by atoms with Crippen LogP contribution in [0.2, 0.25) is 0 Å². The van der Waals surface area contributed by atoms with Gasteiger partial charge in [0.25, 0.3) is 0 Å². The average molecular weight is 649 g/mol. The van der Waals surface area contributed by atoms with Gasteiger partial charge in [0, 0.05) is 0 Å². The van der Waals surface area contributed by atoms with E-state index >= 15 is 0 Å². The number of hydrogen-bond donors (Lipinski definition) is 0. The van der Waals surface area contributed by atoms with Crippen LogP contribution < -0.4 is 0 Å². The average Bonchev–Trinajstić information content (AvgIpc) is 3.56. The summed E-state index contributed by atoms with van der Waals surface area (Å²) in [5.74, 6) is 0. The monoisotopic (exact) mass is 645 g/mol. The summed E-state index contributed by atoms with van der Waals surface area (Å²) < 4.78 is 0. The Hall–Kier alpha value is -2.19. The Labute approximate surface area is 225 Å². The first-order valence-corrected chi connectivity index (χ1v) is 22.2. The standard InChI is InChI=1S/C13H11.2C9H7.2BrH.Zr/c1-3-7-12(8-4-1)11-13-9-5-2-6-10-13;2*1-2-5-9-7-3-6-8(9)4-1;;;/h1-11H;2*1-7H;2*1H;/q3*-1;;;+2/p-2. The summed E-state index contributed by atoms with van der Waals surface area (Å²) in [6, 6.07) is 50.0. The van der Waals surface area contributed by atoms with E-state index in [9.17, 15) is 0 Å². The van der Waals surface area contributed by atoms with E-state index in [-0.39, 0.29) is 18.5 Å². The SMILES string of the molecule is [Br][Zr][Br].c1ccc([CH-]c2ccccc2)cc1.c1ccc2[cH-]ccc2c1.c1ccc2[cH-]ccc2c1. The molecule has 0 aliphatic heterocycles. The maximum absolute atomic E-state index is 3.23. The van der Waals surface area contributed by atoms with Gasteiger partial charge in [0.2, 0.25) is 0 Å². The molecule has 6 aromatic carbocycles. The number of benzene rings is 4. The Kier molecular flexibility index (Phi) is 12.2. The predicted octanol–water partition coefficient (Wildman–Crippen LogP) is 10.1. The van der Waals surface area contributed by atoms with Gasteiger partial charge in [-0.25, -0.2) is 0 Å². The van der Waals surface area contributed by atoms with Crippen molar-refractivity contribution in [3.05, 3.63) is 163 Å². The minimum absolute atomic E-state index is 0.145. The van der Waals surface area contributed by atoms with E-state index < -0.39 is 0 Å². The van der Waals surface area contributed by atoms with Crippen LogP contribution in [0.3, 0.4) is 0 Å². The molecule has 0 aromatic heterocycles. The molecule has 3 heteroatoms. The minimum Gasteiger partial charge on any atom is -0.168 e. The number of fused-ring (bicyclic) bond motifs is 2. The van der Waals surface area contributed by atoms with Crippen molar-refractivity contribution in [1.29, 1.82) is 0 Å². The van der Waals surface area contributed by atoms with Gasteiger partial charge in [-0.3, -0.25) is 0 Å². The molecule has 0 atom stereocenters. The molecule has 0 amide bonds. The van der Waals surface area contributed by atoms with Crippen molar-refractivity contribution < 1.29 is 18.5 Å². The molecule has 0 aliphatic rings. The zero-order valence-corrected chi connectivity index (χ0v) is 24.3. The molecule has 0 aliphatic carbocycles. The third-order valence-electron chi connectivity index (χ3n) is 5.03. The Balaban J connectivity index is 0.000000138. The van der Waals surface area contributed by atoms with Crippen molar-refractivity contribution in [1.82, 2.24) is 0 Å². The molecule has 0 nitrogen and oxygen atoms in total. The van der Waals surface area contributed by atoms with Gasteiger partial charge < -0.3 is 0 Å². The molecule has 0 N–H and O–H groups in total. The second-order valence-corrected chi connectivity index (χ2v) is 18.7. The van der Waals surface area contributed by atoms with E-state index in [0.29, 0.717) is 0 Å². The molecule has 0 saturated heterocycles. The third-order valence-corrected chi connectivity index (χ3v) is 5.03. The summed E-state index contributed by atoms with van der Waals surface area (Å²) in [6.45, 7) is 0. The summed E-state index contributed by atoms with van der Waals surface area (Å²) in [5, 5.41) is 5.32. The fraction of sp³-hybridized carbons (Fsp3) is 0. The Bertz CT molecular complexity index is 1160. The van der Waals surface area contributed by atoms with Gasteiger partial charge in [0.05, 0.1) is 0 Å². The summed E-state index contributed by atoms with van der Waals surface area (Å²) in [7, 11) is 0. The van der Waals surface area contributed by atoms with Crippen LogP contribution in [0.5, 0.6) is 0 Å². The van der Waals surface area contributed by atoms with Gasteiger partial charge >= 0.3 is 43.0 Å². The molecule has 34 heavy (non-hydrogen) atoms. The first-order chi connectivity index (χ1) is 16.8. The Morgan fingerprint density at radius 2 is 0.824 bits per heavy atom. The molecule has 0 unspecified atom stereocenters. The predicted molar refractivity (Wildman–Crippen MR) is 152 cm³/mol. The van der Waals surface area contributed by atoms with Crippen LogP contribution >= 0.6 is 24.4 Å². The number of halogens is 2. The quantitative estimate of drug-likeness (QED) is 0.164. The zero-order valence-electron chi connectivity index (χ0n) is 18.7. The molecule has 0 radical (unpaired) electrons. The third kappa shape index (κ3) is 9.22.